The molecular formula is C22H19F3N4O2. The lowest BCUT2D eigenvalue weighted by atomic mass is 10.1. The number of aromatic nitrogens is 4. The number of hydrogen-bond acceptors (Lipinski definition) is 3. The van der Waals surface area contributed by atoms with Crippen molar-refractivity contribution in [2.24, 2.45) is 0 Å². The lowest BCUT2D eigenvalue weighted by Crippen LogP contribution is -2.06. The van der Waals surface area contributed by atoms with Crippen LogP contribution in [0.4, 0.5) is 13.2 Å². The third kappa shape index (κ3) is 4.16. The fourth-order valence-electron chi connectivity index (χ4n) is 3.56. The maximum absolute atomic E-state index is 12.9. The van der Waals surface area contributed by atoms with E-state index in [1.165, 1.54) is 6.07 Å². The van der Waals surface area contributed by atoms with Crippen LogP contribution in [0.5, 0.6) is 0 Å². The summed E-state index contributed by atoms with van der Waals surface area (Å²) in [5.41, 5.74) is 3.96. The molecule has 0 saturated heterocycles. The lowest BCUT2D eigenvalue weighted by molar-refractivity contribution is -0.138. The van der Waals surface area contributed by atoms with Gasteiger partial charge in [0, 0.05) is 16.8 Å². The normalized spacial score (nSPS) is 11.9. The van der Waals surface area contributed by atoms with Gasteiger partial charge in [0.15, 0.2) is 0 Å². The molecule has 4 aromatic rings. The summed E-state index contributed by atoms with van der Waals surface area (Å²) in [7, 11) is 0. The monoisotopic (exact) mass is 428 g/mol. The van der Waals surface area contributed by atoms with Crippen LogP contribution in [0.2, 0.25) is 0 Å². The van der Waals surface area contributed by atoms with Gasteiger partial charge in [-0.3, -0.25) is 9.48 Å². The van der Waals surface area contributed by atoms with Crippen molar-refractivity contribution in [3.63, 3.8) is 0 Å². The Morgan fingerprint density at radius 3 is 2.48 bits per heavy atom. The molecule has 160 valence electrons. The molecule has 2 heterocycles. The van der Waals surface area contributed by atoms with E-state index in [0.717, 1.165) is 29.0 Å². The molecule has 2 aromatic carbocycles. The van der Waals surface area contributed by atoms with Gasteiger partial charge in [0.05, 0.1) is 35.3 Å². The van der Waals surface area contributed by atoms with Crippen molar-refractivity contribution in [1.29, 1.82) is 0 Å². The summed E-state index contributed by atoms with van der Waals surface area (Å²) in [6, 6.07) is 10.9. The van der Waals surface area contributed by atoms with Crippen LogP contribution in [0.15, 0.2) is 42.5 Å². The number of aryl methyl sites for hydroxylation is 1. The maximum Gasteiger partial charge on any atom is 0.416 e. The molecule has 0 amide bonds. The first-order valence-electron chi connectivity index (χ1n) is 9.53. The molecule has 0 atom stereocenters. The van der Waals surface area contributed by atoms with E-state index in [4.69, 9.17) is 5.11 Å². The van der Waals surface area contributed by atoms with Gasteiger partial charge >= 0.3 is 12.1 Å². The van der Waals surface area contributed by atoms with E-state index in [1.54, 1.807) is 11.6 Å². The Kier molecular flexibility index (Phi) is 5.04. The molecule has 0 aliphatic heterocycles. The quantitative estimate of drug-likeness (QED) is 0.481. The minimum atomic E-state index is -4.41. The Balaban J connectivity index is 1.57. The standard InChI is InChI=1S/C22H19F3N4O2/c1-12-17(10-20(30)31)13(2)29(28-12)11-14-3-5-15(6-4-14)21-26-18-8-7-16(22(23,24)25)9-19(18)27-21/h3-9H,10-11H2,1-2H3,(H,26,27)(H,30,31). The molecule has 2 aromatic heterocycles. The number of imidazole rings is 1. The van der Waals surface area contributed by atoms with Gasteiger partial charge in [-0.05, 0) is 37.6 Å². The number of alkyl halides is 3. The fraction of sp³-hybridized carbons (Fsp3) is 0.227. The van der Waals surface area contributed by atoms with Crippen LogP contribution < -0.4 is 0 Å². The summed E-state index contributed by atoms with van der Waals surface area (Å²) < 4.78 is 40.5. The molecule has 4 rings (SSSR count). The zero-order valence-electron chi connectivity index (χ0n) is 16.8. The zero-order chi connectivity index (χ0) is 22.3. The molecular weight excluding hydrogens is 409 g/mol. The SMILES string of the molecule is Cc1nn(Cc2ccc(-c3nc4ccc(C(F)(F)F)cc4[nH]3)cc2)c(C)c1CC(=O)O. The molecule has 31 heavy (non-hydrogen) atoms. The van der Waals surface area contributed by atoms with Crippen LogP contribution in [-0.4, -0.2) is 30.8 Å². The van der Waals surface area contributed by atoms with Gasteiger partial charge in [-0.15, -0.1) is 0 Å². The number of H-pyrrole nitrogens is 1. The molecule has 0 aliphatic rings. The summed E-state index contributed by atoms with van der Waals surface area (Å²) in [5, 5.41) is 13.5. The average Bonchev–Trinajstić information content (AvgIpc) is 3.24. The van der Waals surface area contributed by atoms with E-state index in [0.29, 0.717) is 34.7 Å². The highest BCUT2D eigenvalue weighted by atomic mass is 19.4. The van der Waals surface area contributed by atoms with E-state index in [1.807, 2.05) is 31.2 Å². The third-order valence-corrected chi connectivity index (χ3v) is 5.23. The van der Waals surface area contributed by atoms with E-state index in [9.17, 15) is 18.0 Å². The summed E-state index contributed by atoms with van der Waals surface area (Å²) >= 11 is 0. The molecule has 0 spiro atoms. The Morgan fingerprint density at radius 1 is 1.13 bits per heavy atom. The number of rotatable bonds is 5. The highest BCUT2D eigenvalue weighted by Gasteiger charge is 2.30. The van der Waals surface area contributed by atoms with E-state index < -0.39 is 17.7 Å². The van der Waals surface area contributed by atoms with Crippen LogP contribution >= 0.6 is 0 Å². The van der Waals surface area contributed by atoms with Crippen LogP contribution in [0, 0.1) is 13.8 Å². The number of carboxylic acids is 1. The first kappa shape index (κ1) is 20.6. The molecule has 0 aliphatic carbocycles. The Bertz CT molecular complexity index is 1270. The number of aromatic amines is 1. The van der Waals surface area contributed by atoms with Crippen molar-refractivity contribution in [2.45, 2.75) is 33.0 Å². The van der Waals surface area contributed by atoms with Gasteiger partial charge in [-0.1, -0.05) is 24.3 Å². The number of fused-ring (bicyclic) bond motifs is 1. The number of carbonyl (C=O) groups is 1. The predicted molar refractivity (Wildman–Crippen MR) is 109 cm³/mol. The first-order valence-corrected chi connectivity index (χ1v) is 9.53. The summed E-state index contributed by atoms with van der Waals surface area (Å²) in [6.07, 6.45) is -4.48. The fourth-order valence-corrected chi connectivity index (χ4v) is 3.56. The van der Waals surface area contributed by atoms with Crippen molar-refractivity contribution in [2.75, 3.05) is 0 Å². The number of carboxylic acid groups (broad SMARTS) is 1. The maximum atomic E-state index is 12.9. The van der Waals surface area contributed by atoms with Gasteiger partial charge < -0.3 is 10.1 Å². The van der Waals surface area contributed by atoms with Gasteiger partial charge in [0.25, 0.3) is 0 Å². The first-order chi connectivity index (χ1) is 14.6. The van der Waals surface area contributed by atoms with Crippen molar-refractivity contribution in [3.8, 4) is 11.4 Å². The van der Waals surface area contributed by atoms with E-state index in [2.05, 4.69) is 15.1 Å². The lowest BCUT2D eigenvalue weighted by Gasteiger charge is -2.06. The Labute approximate surface area is 175 Å². The van der Waals surface area contributed by atoms with Crippen molar-refractivity contribution in [1.82, 2.24) is 19.7 Å². The number of nitrogens with one attached hydrogen (secondary N) is 1. The van der Waals surface area contributed by atoms with Gasteiger partial charge in [0.2, 0.25) is 0 Å². The predicted octanol–water partition coefficient (Wildman–Crippen LogP) is 4.74. The van der Waals surface area contributed by atoms with Crippen molar-refractivity contribution < 1.29 is 23.1 Å². The van der Waals surface area contributed by atoms with Gasteiger partial charge in [0.1, 0.15) is 5.82 Å². The third-order valence-electron chi connectivity index (χ3n) is 5.23. The second-order valence-corrected chi connectivity index (χ2v) is 7.39. The summed E-state index contributed by atoms with van der Waals surface area (Å²) in [4.78, 5) is 18.4. The van der Waals surface area contributed by atoms with Crippen molar-refractivity contribution in [3.05, 3.63) is 70.5 Å². The summed E-state index contributed by atoms with van der Waals surface area (Å²) in [6.45, 7) is 4.11. The second kappa shape index (κ2) is 7.57. The van der Waals surface area contributed by atoms with E-state index >= 15 is 0 Å². The van der Waals surface area contributed by atoms with Gasteiger partial charge in [-0.2, -0.15) is 18.3 Å². The van der Waals surface area contributed by atoms with Crippen LogP contribution in [0.25, 0.3) is 22.4 Å². The average molecular weight is 428 g/mol. The smallest absolute Gasteiger partial charge is 0.416 e. The molecule has 9 heteroatoms. The largest absolute Gasteiger partial charge is 0.481 e. The minimum absolute atomic E-state index is 0.0707. The summed E-state index contributed by atoms with van der Waals surface area (Å²) in [5.74, 6) is -0.418. The Morgan fingerprint density at radius 2 is 1.84 bits per heavy atom. The molecule has 0 unspecified atom stereocenters. The second-order valence-electron chi connectivity index (χ2n) is 7.39. The number of benzene rings is 2. The van der Waals surface area contributed by atoms with Crippen LogP contribution in [0.3, 0.4) is 0 Å². The molecule has 0 fully saturated rings. The molecule has 0 bridgehead atoms. The highest BCUT2D eigenvalue weighted by molar-refractivity contribution is 5.80. The number of hydrogen-bond donors (Lipinski definition) is 2. The highest BCUT2D eigenvalue weighted by Crippen LogP contribution is 2.31. The van der Waals surface area contributed by atoms with E-state index in [-0.39, 0.29) is 6.42 Å². The Hall–Kier alpha value is -3.62. The topological polar surface area (TPSA) is 83.8 Å². The van der Waals surface area contributed by atoms with Gasteiger partial charge in [-0.25, -0.2) is 4.98 Å². The number of halogens is 3. The number of aliphatic carboxylic acids is 1. The zero-order valence-corrected chi connectivity index (χ0v) is 16.8. The molecule has 0 saturated carbocycles. The van der Waals surface area contributed by atoms with Crippen molar-refractivity contribution >= 4 is 17.0 Å². The van der Waals surface area contributed by atoms with Crippen LogP contribution in [-0.2, 0) is 23.9 Å². The number of nitrogens with zero attached hydrogens (tertiary/aromatic N) is 3. The van der Waals surface area contributed by atoms with Crippen LogP contribution in [0.1, 0.15) is 28.1 Å². The molecule has 0 radical (unpaired) electrons. The minimum Gasteiger partial charge on any atom is -0.481 e. The molecule has 2 N–H and O–H groups in total. The molecule has 6 nitrogen and oxygen atoms in total.